The van der Waals surface area contributed by atoms with Gasteiger partial charge < -0.3 is 5.32 Å². The van der Waals surface area contributed by atoms with Gasteiger partial charge in [0.05, 0.1) is 11.4 Å². The summed E-state index contributed by atoms with van der Waals surface area (Å²) in [5.74, 6) is 0.814. The fraction of sp³-hybridized carbons (Fsp3) is 0.800. The summed E-state index contributed by atoms with van der Waals surface area (Å²) >= 11 is 0. The first-order valence-corrected chi connectivity index (χ1v) is 7.61. The van der Waals surface area contributed by atoms with Gasteiger partial charge in [-0.15, -0.1) is 0 Å². The number of aromatic nitrogens is 2. The molecule has 1 N–H and O–H groups in total. The smallest absolute Gasteiger partial charge is 0.0597 e. The van der Waals surface area contributed by atoms with Gasteiger partial charge in [-0.3, -0.25) is 9.58 Å². The first-order chi connectivity index (χ1) is 9.19. The van der Waals surface area contributed by atoms with Gasteiger partial charge in [0.25, 0.3) is 0 Å². The number of hydrogen-bond acceptors (Lipinski definition) is 3. The molecule has 2 heterocycles. The molecule has 1 aliphatic rings. The number of nitrogens with one attached hydrogen (secondary N) is 1. The van der Waals surface area contributed by atoms with Crippen LogP contribution in [0.25, 0.3) is 0 Å². The van der Waals surface area contributed by atoms with E-state index in [4.69, 9.17) is 0 Å². The van der Waals surface area contributed by atoms with Crippen molar-refractivity contribution >= 4 is 0 Å². The van der Waals surface area contributed by atoms with E-state index >= 15 is 0 Å². The van der Waals surface area contributed by atoms with E-state index in [-0.39, 0.29) is 0 Å². The van der Waals surface area contributed by atoms with Crippen molar-refractivity contribution in [3.8, 4) is 0 Å². The Labute approximate surface area is 117 Å². The lowest BCUT2D eigenvalue weighted by molar-refractivity contribution is 0.197. The summed E-state index contributed by atoms with van der Waals surface area (Å²) in [5, 5.41) is 7.97. The molecule has 4 heteroatoms. The van der Waals surface area contributed by atoms with Crippen LogP contribution in [0.3, 0.4) is 0 Å². The van der Waals surface area contributed by atoms with E-state index in [1.54, 1.807) is 0 Å². The maximum absolute atomic E-state index is 4.45. The summed E-state index contributed by atoms with van der Waals surface area (Å²) in [6.07, 6.45) is 3.92. The van der Waals surface area contributed by atoms with E-state index in [9.17, 15) is 0 Å². The Morgan fingerprint density at radius 3 is 2.95 bits per heavy atom. The van der Waals surface area contributed by atoms with Crippen LogP contribution in [0.2, 0.25) is 0 Å². The highest BCUT2D eigenvalue weighted by molar-refractivity contribution is 5.08. The fourth-order valence-corrected chi connectivity index (χ4v) is 3.04. The molecule has 0 aliphatic carbocycles. The lowest BCUT2D eigenvalue weighted by atomic mass is 9.99. The Morgan fingerprint density at radius 1 is 1.53 bits per heavy atom. The minimum Gasteiger partial charge on any atom is -0.316 e. The third-order valence-electron chi connectivity index (χ3n) is 3.94. The van der Waals surface area contributed by atoms with Crippen LogP contribution in [0.4, 0.5) is 0 Å². The molecule has 1 fully saturated rings. The minimum absolute atomic E-state index is 0.814. The molecular formula is C15H28N4. The molecule has 0 aromatic carbocycles. The third kappa shape index (κ3) is 4.32. The zero-order chi connectivity index (χ0) is 13.7. The van der Waals surface area contributed by atoms with E-state index in [0.29, 0.717) is 0 Å². The zero-order valence-corrected chi connectivity index (χ0v) is 12.7. The quantitative estimate of drug-likeness (QED) is 0.852. The number of rotatable bonds is 6. The summed E-state index contributed by atoms with van der Waals surface area (Å²) in [4.78, 5) is 2.59. The van der Waals surface area contributed by atoms with Crippen molar-refractivity contribution < 1.29 is 0 Å². The van der Waals surface area contributed by atoms with Crippen LogP contribution < -0.4 is 5.32 Å². The highest BCUT2D eigenvalue weighted by atomic mass is 15.3. The van der Waals surface area contributed by atoms with Gasteiger partial charge in [0.15, 0.2) is 0 Å². The molecular weight excluding hydrogens is 236 g/mol. The monoisotopic (exact) mass is 264 g/mol. The molecule has 1 unspecified atom stereocenters. The maximum Gasteiger partial charge on any atom is 0.0597 e. The van der Waals surface area contributed by atoms with Gasteiger partial charge in [-0.25, -0.2) is 0 Å². The van der Waals surface area contributed by atoms with Crippen molar-refractivity contribution in [2.45, 2.75) is 39.7 Å². The second kappa shape index (κ2) is 7.06. The standard InChI is InChI=1S/C15H28N4/c1-4-8-19(11-14-6-5-7-16-10-14)12-15-9-13(2)17-18(15)3/h9,14,16H,4-8,10-12H2,1-3H3. The number of hydrogen-bond donors (Lipinski definition) is 1. The molecule has 1 aliphatic heterocycles. The molecule has 0 spiro atoms. The van der Waals surface area contributed by atoms with Crippen LogP contribution in [-0.2, 0) is 13.6 Å². The lowest BCUT2D eigenvalue weighted by Gasteiger charge is -2.30. The third-order valence-corrected chi connectivity index (χ3v) is 3.94. The first kappa shape index (κ1) is 14.5. The molecule has 108 valence electrons. The van der Waals surface area contributed by atoms with Gasteiger partial charge in [-0.2, -0.15) is 5.10 Å². The van der Waals surface area contributed by atoms with Crippen LogP contribution in [0.1, 0.15) is 37.6 Å². The molecule has 19 heavy (non-hydrogen) atoms. The summed E-state index contributed by atoms with van der Waals surface area (Å²) < 4.78 is 2.02. The van der Waals surface area contributed by atoms with Crippen molar-refractivity contribution in [3.63, 3.8) is 0 Å². The topological polar surface area (TPSA) is 33.1 Å². The number of aryl methyl sites for hydroxylation is 2. The van der Waals surface area contributed by atoms with E-state index in [1.165, 1.54) is 51.1 Å². The molecule has 0 saturated carbocycles. The predicted octanol–water partition coefficient (Wildman–Crippen LogP) is 1.94. The lowest BCUT2D eigenvalue weighted by Crippen LogP contribution is -2.38. The fourth-order valence-electron chi connectivity index (χ4n) is 3.04. The highest BCUT2D eigenvalue weighted by Crippen LogP contribution is 2.14. The second-order valence-corrected chi connectivity index (χ2v) is 5.85. The summed E-state index contributed by atoms with van der Waals surface area (Å²) in [7, 11) is 2.05. The Morgan fingerprint density at radius 2 is 2.37 bits per heavy atom. The average molecular weight is 264 g/mol. The predicted molar refractivity (Wildman–Crippen MR) is 79.1 cm³/mol. The van der Waals surface area contributed by atoms with Gasteiger partial charge >= 0.3 is 0 Å². The maximum atomic E-state index is 4.45. The van der Waals surface area contributed by atoms with Crippen LogP contribution in [0.15, 0.2) is 6.07 Å². The molecule has 2 rings (SSSR count). The summed E-state index contributed by atoms with van der Waals surface area (Å²) in [5.41, 5.74) is 2.45. The summed E-state index contributed by atoms with van der Waals surface area (Å²) in [6.45, 7) is 10.1. The summed E-state index contributed by atoms with van der Waals surface area (Å²) in [6, 6.07) is 2.21. The van der Waals surface area contributed by atoms with Crippen molar-refractivity contribution in [2.24, 2.45) is 13.0 Å². The highest BCUT2D eigenvalue weighted by Gasteiger charge is 2.17. The molecule has 1 aromatic rings. The van der Waals surface area contributed by atoms with Gasteiger partial charge in [0.2, 0.25) is 0 Å². The molecule has 0 bridgehead atoms. The number of nitrogens with zero attached hydrogens (tertiary/aromatic N) is 3. The normalized spacial score (nSPS) is 20.1. The van der Waals surface area contributed by atoms with Crippen LogP contribution >= 0.6 is 0 Å². The van der Waals surface area contributed by atoms with Crippen LogP contribution in [0, 0.1) is 12.8 Å². The van der Waals surface area contributed by atoms with Gasteiger partial charge in [0.1, 0.15) is 0 Å². The Kier molecular flexibility index (Phi) is 5.40. The zero-order valence-electron chi connectivity index (χ0n) is 12.7. The Balaban J connectivity index is 1.93. The molecule has 1 saturated heterocycles. The Hall–Kier alpha value is -0.870. The molecule has 0 radical (unpaired) electrons. The largest absolute Gasteiger partial charge is 0.316 e. The van der Waals surface area contributed by atoms with E-state index < -0.39 is 0 Å². The van der Waals surface area contributed by atoms with E-state index in [0.717, 1.165) is 18.2 Å². The van der Waals surface area contributed by atoms with E-state index in [1.807, 2.05) is 4.68 Å². The second-order valence-electron chi connectivity index (χ2n) is 5.85. The van der Waals surface area contributed by atoms with E-state index in [2.05, 4.69) is 42.3 Å². The van der Waals surface area contributed by atoms with Crippen molar-refractivity contribution in [3.05, 3.63) is 17.5 Å². The van der Waals surface area contributed by atoms with Gasteiger partial charge in [-0.1, -0.05) is 6.92 Å². The molecule has 4 nitrogen and oxygen atoms in total. The first-order valence-electron chi connectivity index (χ1n) is 7.61. The molecule has 1 atom stereocenters. The van der Waals surface area contributed by atoms with Crippen molar-refractivity contribution in [1.29, 1.82) is 0 Å². The van der Waals surface area contributed by atoms with Crippen LogP contribution in [0.5, 0.6) is 0 Å². The SMILES string of the molecule is CCCN(Cc1cc(C)nn1C)CC1CCCNC1. The van der Waals surface area contributed by atoms with Crippen LogP contribution in [-0.4, -0.2) is 40.9 Å². The molecule has 0 amide bonds. The van der Waals surface area contributed by atoms with Crippen molar-refractivity contribution in [1.82, 2.24) is 20.0 Å². The number of piperidine rings is 1. The minimum atomic E-state index is 0.814. The van der Waals surface area contributed by atoms with Gasteiger partial charge in [-0.05, 0) is 57.8 Å². The average Bonchev–Trinajstić information content (AvgIpc) is 2.69. The Bertz CT molecular complexity index is 379. The molecule has 1 aromatic heterocycles. The van der Waals surface area contributed by atoms with Crippen molar-refractivity contribution in [2.75, 3.05) is 26.2 Å². The van der Waals surface area contributed by atoms with Gasteiger partial charge in [0, 0.05) is 20.1 Å².